The number of halogens is 3. The van der Waals surface area contributed by atoms with Crippen molar-refractivity contribution in [2.45, 2.75) is 25.0 Å². The molecule has 0 spiro atoms. The minimum atomic E-state index is -4.54. The number of para-hydroxylation sites is 1. The van der Waals surface area contributed by atoms with Gasteiger partial charge in [0.25, 0.3) is 0 Å². The molecule has 5 rings (SSSR count). The van der Waals surface area contributed by atoms with Gasteiger partial charge < -0.3 is 9.52 Å². The van der Waals surface area contributed by atoms with Gasteiger partial charge >= 0.3 is 11.8 Å². The lowest BCUT2D eigenvalue weighted by Gasteiger charge is -2.15. The molecule has 152 valence electrons. The number of alkyl halides is 3. The summed E-state index contributed by atoms with van der Waals surface area (Å²) in [7, 11) is 0. The second-order valence-corrected chi connectivity index (χ2v) is 7.01. The lowest BCUT2D eigenvalue weighted by atomic mass is 10.0. The van der Waals surface area contributed by atoms with Gasteiger partial charge in [-0.25, -0.2) is 0 Å². The molecule has 0 atom stereocenters. The summed E-state index contributed by atoms with van der Waals surface area (Å²) in [5.41, 5.74) is -0.143. The van der Waals surface area contributed by atoms with Crippen molar-refractivity contribution < 1.29 is 22.7 Å². The van der Waals surface area contributed by atoms with E-state index in [0.717, 1.165) is 16.5 Å². The summed E-state index contributed by atoms with van der Waals surface area (Å²) in [6, 6.07) is 17.1. The van der Waals surface area contributed by atoms with E-state index in [-0.39, 0.29) is 12.2 Å². The predicted octanol–water partition coefficient (Wildman–Crippen LogP) is 5.02. The van der Waals surface area contributed by atoms with Crippen molar-refractivity contribution in [3.8, 4) is 11.5 Å². The minimum absolute atomic E-state index is 0.00289. The molecule has 6 nitrogen and oxygen atoms in total. The smallest absolute Gasteiger partial charge is 0.442 e. The van der Waals surface area contributed by atoms with Crippen LogP contribution in [-0.2, 0) is 18.8 Å². The number of rotatable bonds is 5. The molecule has 30 heavy (non-hydrogen) atoms. The molecule has 3 heterocycles. The highest BCUT2D eigenvalue weighted by Gasteiger charge is 2.65. The topological polar surface area (TPSA) is 75.9 Å². The number of furan rings is 1. The second kappa shape index (κ2) is 6.53. The molecule has 4 aromatic rings. The Hall–Kier alpha value is -3.46. The van der Waals surface area contributed by atoms with Crippen LogP contribution in [0.5, 0.6) is 0 Å². The Bertz CT molecular complexity index is 1250. The van der Waals surface area contributed by atoms with Crippen LogP contribution in [0, 0.1) is 0 Å². The number of aliphatic hydroxyl groups excluding tert-OH is 1. The zero-order chi connectivity index (χ0) is 20.9. The minimum Gasteiger partial charge on any atom is -0.457 e. The number of hydrogen-bond acceptors (Lipinski definition) is 5. The molecule has 0 unspecified atom stereocenters. The zero-order valence-electron chi connectivity index (χ0n) is 15.5. The quantitative estimate of drug-likeness (QED) is 0.500. The largest absolute Gasteiger partial charge is 0.457 e. The fourth-order valence-electron chi connectivity index (χ4n) is 3.48. The zero-order valence-corrected chi connectivity index (χ0v) is 15.5. The maximum Gasteiger partial charge on any atom is 0.442 e. The molecule has 0 aliphatic carbocycles. The van der Waals surface area contributed by atoms with Crippen molar-refractivity contribution in [2.24, 2.45) is 10.2 Å². The van der Waals surface area contributed by atoms with E-state index in [1.54, 1.807) is 28.9 Å². The Morgan fingerprint density at radius 3 is 2.33 bits per heavy atom. The van der Waals surface area contributed by atoms with Crippen molar-refractivity contribution in [3.05, 3.63) is 77.6 Å². The summed E-state index contributed by atoms with van der Waals surface area (Å²) in [4.78, 5) is 0. The van der Waals surface area contributed by atoms with Gasteiger partial charge in [-0.05, 0) is 23.8 Å². The van der Waals surface area contributed by atoms with Crippen LogP contribution in [0.1, 0.15) is 16.9 Å². The second-order valence-electron chi connectivity index (χ2n) is 7.01. The standard InChI is InChI=1S/C21H15F3N4O2/c22-21(23,24)20(26-27-20)14-7-5-13(6-8-14)11-28-17-4-2-1-3-16(17)19(25-28)18-10-9-15(12-29)30-18/h1-10,29H,11-12H2. The van der Waals surface area contributed by atoms with Crippen LogP contribution >= 0.6 is 0 Å². The summed E-state index contributed by atoms with van der Waals surface area (Å²) in [6.45, 7) is 0.157. The third kappa shape index (κ3) is 2.89. The maximum atomic E-state index is 13.2. The third-order valence-corrected chi connectivity index (χ3v) is 5.09. The number of nitrogens with zero attached hydrogens (tertiary/aromatic N) is 4. The van der Waals surface area contributed by atoms with Crippen LogP contribution in [0.15, 0.2) is 75.3 Å². The Labute approximate surface area is 168 Å². The molecule has 1 aliphatic heterocycles. The molecule has 0 saturated heterocycles. The summed E-state index contributed by atoms with van der Waals surface area (Å²) in [6.07, 6.45) is -4.54. The SMILES string of the molecule is OCc1ccc(-c2nn(Cc3ccc(C4(C(F)(F)F)N=N4)cc3)c3ccccc23)o1. The Kier molecular flexibility index (Phi) is 4.04. The van der Waals surface area contributed by atoms with Gasteiger partial charge in [0, 0.05) is 10.9 Å². The summed E-state index contributed by atoms with van der Waals surface area (Å²) in [5, 5.41) is 21.2. The van der Waals surface area contributed by atoms with Crippen molar-refractivity contribution >= 4 is 10.9 Å². The first-order valence-corrected chi connectivity index (χ1v) is 9.17. The van der Waals surface area contributed by atoms with Crippen molar-refractivity contribution in [1.29, 1.82) is 0 Å². The normalized spacial score (nSPS) is 15.1. The van der Waals surface area contributed by atoms with Crippen LogP contribution in [-0.4, -0.2) is 21.1 Å². The summed E-state index contributed by atoms with van der Waals surface area (Å²) >= 11 is 0. The Morgan fingerprint density at radius 2 is 1.70 bits per heavy atom. The number of benzene rings is 2. The summed E-state index contributed by atoms with van der Waals surface area (Å²) in [5.74, 6) is 0.974. The molecular formula is C21H15F3N4O2. The first-order chi connectivity index (χ1) is 14.4. The lowest BCUT2D eigenvalue weighted by Crippen LogP contribution is -2.30. The molecule has 1 N–H and O–H groups in total. The van der Waals surface area contributed by atoms with Gasteiger partial charge in [-0.15, -0.1) is 10.2 Å². The van der Waals surface area contributed by atoms with Crippen LogP contribution in [0.3, 0.4) is 0 Å². The van der Waals surface area contributed by atoms with E-state index < -0.39 is 11.8 Å². The fourth-order valence-corrected chi connectivity index (χ4v) is 3.48. The molecule has 0 fully saturated rings. The highest BCUT2D eigenvalue weighted by Crippen LogP contribution is 2.52. The third-order valence-electron chi connectivity index (χ3n) is 5.09. The van der Waals surface area contributed by atoms with Gasteiger partial charge in [-0.2, -0.15) is 18.3 Å². The highest BCUT2D eigenvalue weighted by atomic mass is 19.4. The van der Waals surface area contributed by atoms with Gasteiger partial charge in [-0.3, -0.25) is 4.68 Å². The first kappa shape index (κ1) is 18.6. The Morgan fingerprint density at radius 1 is 0.967 bits per heavy atom. The first-order valence-electron chi connectivity index (χ1n) is 9.17. The van der Waals surface area contributed by atoms with Gasteiger partial charge in [0.05, 0.1) is 12.1 Å². The fraction of sp³-hybridized carbons (Fsp3) is 0.190. The van der Waals surface area contributed by atoms with Crippen LogP contribution in [0.25, 0.3) is 22.4 Å². The summed E-state index contributed by atoms with van der Waals surface area (Å²) < 4.78 is 46.9. The molecule has 9 heteroatoms. The molecule has 0 radical (unpaired) electrons. The van der Waals surface area contributed by atoms with E-state index in [1.807, 2.05) is 24.3 Å². The average molecular weight is 412 g/mol. The van der Waals surface area contributed by atoms with E-state index in [2.05, 4.69) is 15.3 Å². The molecule has 2 aromatic carbocycles. The van der Waals surface area contributed by atoms with Crippen LogP contribution in [0.4, 0.5) is 13.2 Å². The molecule has 2 aromatic heterocycles. The molecule has 0 amide bonds. The number of aromatic nitrogens is 2. The van der Waals surface area contributed by atoms with Crippen LogP contribution in [0.2, 0.25) is 0 Å². The Balaban J connectivity index is 1.48. The molecule has 0 saturated carbocycles. The lowest BCUT2D eigenvalue weighted by molar-refractivity contribution is -0.166. The van der Waals surface area contributed by atoms with Gasteiger partial charge in [0.15, 0.2) is 5.76 Å². The van der Waals surface area contributed by atoms with Crippen molar-refractivity contribution in [3.63, 3.8) is 0 Å². The maximum absolute atomic E-state index is 13.2. The highest BCUT2D eigenvalue weighted by molar-refractivity contribution is 5.92. The van der Waals surface area contributed by atoms with E-state index in [1.165, 1.54) is 12.1 Å². The monoisotopic (exact) mass is 412 g/mol. The van der Waals surface area contributed by atoms with Crippen molar-refractivity contribution in [1.82, 2.24) is 9.78 Å². The molecule has 0 bridgehead atoms. The molecule has 1 aliphatic rings. The predicted molar refractivity (Wildman–Crippen MR) is 101 cm³/mol. The average Bonchev–Trinajstić information content (AvgIpc) is 3.31. The number of fused-ring (bicyclic) bond motifs is 1. The van der Waals surface area contributed by atoms with E-state index in [0.29, 0.717) is 23.8 Å². The van der Waals surface area contributed by atoms with Gasteiger partial charge in [0.1, 0.15) is 18.1 Å². The van der Waals surface area contributed by atoms with Gasteiger partial charge in [-0.1, -0.05) is 42.5 Å². The van der Waals surface area contributed by atoms with Crippen molar-refractivity contribution in [2.75, 3.05) is 0 Å². The molecular weight excluding hydrogens is 397 g/mol. The van der Waals surface area contributed by atoms with E-state index in [9.17, 15) is 18.3 Å². The van der Waals surface area contributed by atoms with Gasteiger partial charge in [0.2, 0.25) is 0 Å². The number of hydrogen-bond donors (Lipinski definition) is 1. The number of aliphatic hydroxyl groups is 1. The van der Waals surface area contributed by atoms with E-state index in [4.69, 9.17) is 4.42 Å². The van der Waals surface area contributed by atoms with E-state index >= 15 is 0 Å². The van der Waals surface area contributed by atoms with Crippen LogP contribution < -0.4 is 0 Å².